The highest BCUT2D eigenvalue weighted by Gasteiger charge is 2.03. The third kappa shape index (κ3) is 3.74. The average Bonchev–Trinajstić information content (AvgIpc) is 2.84. The van der Waals surface area contributed by atoms with E-state index in [1.54, 1.807) is 5.57 Å². The van der Waals surface area contributed by atoms with Gasteiger partial charge in [0.2, 0.25) is 0 Å². The van der Waals surface area contributed by atoms with Crippen LogP contribution in [0.3, 0.4) is 0 Å². The molecule has 0 bridgehead atoms. The summed E-state index contributed by atoms with van der Waals surface area (Å²) in [5, 5.41) is 3.49. The maximum absolute atomic E-state index is 3.49. The summed E-state index contributed by atoms with van der Waals surface area (Å²) in [6, 6.07) is 4.29. The zero-order chi connectivity index (χ0) is 10.5. The number of nitrogens with one attached hydrogen (secondary N) is 1. The van der Waals surface area contributed by atoms with Crippen LogP contribution >= 0.6 is 27.3 Å². The molecule has 0 spiro atoms. The largest absolute Gasteiger partial charge is 0.312 e. The first-order chi connectivity index (χ1) is 7.34. The van der Waals surface area contributed by atoms with E-state index in [0.717, 1.165) is 13.1 Å². The molecule has 0 saturated carbocycles. The predicted octanol–water partition coefficient (Wildman–Crippen LogP) is 4.10. The Bertz CT molecular complexity index is 343. The zero-order valence-electron chi connectivity index (χ0n) is 8.76. The Morgan fingerprint density at radius 3 is 3.00 bits per heavy atom. The van der Waals surface area contributed by atoms with Gasteiger partial charge in [-0.05, 0) is 60.3 Å². The van der Waals surface area contributed by atoms with Gasteiger partial charge in [0.05, 0.1) is 3.79 Å². The average molecular weight is 286 g/mol. The molecule has 3 heteroatoms. The van der Waals surface area contributed by atoms with Crippen LogP contribution in [0.1, 0.15) is 30.6 Å². The van der Waals surface area contributed by atoms with Gasteiger partial charge < -0.3 is 5.32 Å². The van der Waals surface area contributed by atoms with Gasteiger partial charge in [-0.15, -0.1) is 11.3 Å². The normalized spacial score (nSPS) is 15.7. The van der Waals surface area contributed by atoms with Gasteiger partial charge in [-0.3, -0.25) is 0 Å². The monoisotopic (exact) mass is 285 g/mol. The molecule has 0 unspecified atom stereocenters. The Hall–Kier alpha value is -0.120. The van der Waals surface area contributed by atoms with Crippen molar-refractivity contribution in [3.8, 4) is 0 Å². The molecule has 0 saturated heterocycles. The van der Waals surface area contributed by atoms with Crippen molar-refractivity contribution in [2.75, 3.05) is 6.54 Å². The van der Waals surface area contributed by atoms with Crippen LogP contribution in [0, 0.1) is 0 Å². The molecular formula is C12H16BrNS. The first-order valence-electron chi connectivity index (χ1n) is 5.47. The first-order valence-corrected chi connectivity index (χ1v) is 7.08. The highest BCUT2D eigenvalue weighted by molar-refractivity contribution is 9.11. The van der Waals surface area contributed by atoms with Gasteiger partial charge in [0, 0.05) is 11.4 Å². The molecule has 0 fully saturated rings. The highest BCUT2D eigenvalue weighted by Crippen LogP contribution is 2.22. The molecule has 1 aromatic heterocycles. The van der Waals surface area contributed by atoms with E-state index in [1.807, 2.05) is 11.3 Å². The van der Waals surface area contributed by atoms with Gasteiger partial charge in [0.15, 0.2) is 0 Å². The minimum Gasteiger partial charge on any atom is -0.312 e. The highest BCUT2D eigenvalue weighted by atomic mass is 79.9. The summed E-state index contributed by atoms with van der Waals surface area (Å²) in [5.41, 5.74) is 1.65. The Labute approximate surface area is 104 Å². The zero-order valence-corrected chi connectivity index (χ0v) is 11.2. The molecule has 0 radical (unpaired) electrons. The van der Waals surface area contributed by atoms with Gasteiger partial charge in [-0.1, -0.05) is 11.6 Å². The molecule has 0 aliphatic heterocycles. The van der Waals surface area contributed by atoms with Gasteiger partial charge in [-0.2, -0.15) is 0 Å². The van der Waals surface area contributed by atoms with E-state index in [0.29, 0.717) is 0 Å². The van der Waals surface area contributed by atoms with E-state index in [2.05, 4.69) is 39.5 Å². The number of allylic oxidation sites excluding steroid dienone is 1. The fourth-order valence-electron chi connectivity index (χ4n) is 1.87. The van der Waals surface area contributed by atoms with E-state index in [-0.39, 0.29) is 0 Å². The molecule has 15 heavy (non-hydrogen) atoms. The Balaban J connectivity index is 1.62. The second-order valence-corrected chi connectivity index (χ2v) is 6.43. The number of thiophene rings is 1. The van der Waals surface area contributed by atoms with Gasteiger partial charge in [0.1, 0.15) is 0 Å². The fourth-order valence-corrected chi connectivity index (χ4v) is 3.32. The van der Waals surface area contributed by atoms with E-state index in [1.165, 1.54) is 34.3 Å². The van der Waals surface area contributed by atoms with Crippen molar-refractivity contribution in [2.45, 2.75) is 32.2 Å². The van der Waals surface area contributed by atoms with Crippen LogP contribution < -0.4 is 5.32 Å². The van der Waals surface area contributed by atoms with Crippen molar-refractivity contribution >= 4 is 27.3 Å². The van der Waals surface area contributed by atoms with Gasteiger partial charge >= 0.3 is 0 Å². The lowest BCUT2D eigenvalue weighted by Gasteiger charge is -2.03. The lowest BCUT2D eigenvalue weighted by molar-refractivity contribution is 0.682. The molecule has 1 N–H and O–H groups in total. The molecular weight excluding hydrogens is 270 g/mol. The van der Waals surface area contributed by atoms with E-state index in [9.17, 15) is 0 Å². The summed E-state index contributed by atoms with van der Waals surface area (Å²) in [6.07, 6.45) is 7.63. The minimum absolute atomic E-state index is 1.00. The van der Waals surface area contributed by atoms with Crippen molar-refractivity contribution in [3.05, 3.63) is 32.4 Å². The van der Waals surface area contributed by atoms with Crippen molar-refractivity contribution in [1.82, 2.24) is 5.32 Å². The molecule has 82 valence electrons. The maximum atomic E-state index is 3.49. The molecule has 1 nitrogen and oxygen atoms in total. The molecule has 1 aromatic rings. The number of hydrogen-bond donors (Lipinski definition) is 1. The van der Waals surface area contributed by atoms with Crippen LogP contribution in [0.5, 0.6) is 0 Å². The molecule has 1 aliphatic carbocycles. The Morgan fingerprint density at radius 1 is 1.40 bits per heavy atom. The van der Waals surface area contributed by atoms with E-state index >= 15 is 0 Å². The number of rotatable bonds is 5. The second kappa shape index (κ2) is 5.83. The summed E-state index contributed by atoms with van der Waals surface area (Å²) in [5.74, 6) is 0. The number of hydrogen-bond acceptors (Lipinski definition) is 2. The van der Waals surface area contributed by atoms with Crippen LogP contribution in [-0.4, -0.2) is 6.54 Å². The maximum Gasteiger partial charge on any atom is 0.0701 e. The van der Waals surface area contributed by atoms with Crippen molar-refractivity contribution in [1.29, 1.82) is 0 Å². The smallest absolute Gasteiger partial charge is 0.0701 e. The Morgan fingerprint density at radius 2 is 2.33 bits per heavy atom. The SMILES string of the molecule is Brc1ccc(CNCCC2=CCCC2)s1. The van der Waals surface area contributed by atoms with Crippen LogP contribution in [0.2, 0.25) is 0 Å². The van der Waals surface area contributed by atoms with Crippen LogP contribution in [0.25, 0.3) is 0 Å². The predicted molar refractivity (Wildman–Crippen MR) is 70.3 cm³/mol. The third-order valence-corrected chi connectivity index (χ3v) is 4.31. The molecule has 1 aliphatic rings. The summed E-state index contributed by atoms with van der Waals surface area (Å²) < 4.78 is 1.22. The van der Waals surface area contributed by atoms with Crippen molar-refractivity contribution in [2.24, 2.45) is 0 Å². The molecule has 1 heterocycles. The van der Waals surface area contributed by atoms with E-state index in [4.69, 9.17) is 0 Å². The lowest BCUT2D eigenvalue weighted by atomic mass is 10.2. The molecule has 2 rings (SSSR count). The molecule has 0 aromatic carbocycles. The standard InChI is InChI=1S/C12H16BrNS/c13-12-6-5-11(15-12)9-14-8-7-10-3-1-2-4-10/h3,5-6,14H,1-2,4,7-9H2. The van der Waals surface area contributed by atoms with Crippen LogP contribution in [0.4, 0.5) is 0 Å². The summed E-state index contributed by atoms with van der Waals surface area (Å²) in [7, 11) is 0. The first kappa shape index (κ1) is 11.4. The van der Waals surface area contributed by atoms with Crippen LogP contribution in [0.15, 0.2) is 27.6 Å². The number of halogens is 1. The second-order valence-electron chi connectivity index (χ2n) is 3.89. The summed E-state index contributed by atoms with van der Waals surface area (Å²) in [6.45, 7) is 2.12. The fraction of sp³-hybridized carbons (Fsp3) is 0.500. The van der Waals surface area contributed by atoms with Crippen molar-refractivity contribution in [3.63, 3.8) is 0 Å². The minimum atomic E-state index is 1.00. The Kier molecular flexibility index (Phi) is 4.42. The molecule has 0 amide bonds. The van der Waals surface area contributed by atoms with Gasteiger partial charge in [-0.25, -0.2) is 0 Å². The topological polar surface area (TPSA) is 12.0 Å². The third-order valence-electron chi connectivity index (χ3n) is 2.69. The van der Waals surface area contributed by atoms with Crippen molar-refractivity contribution < 1.29 is 0 Å². The summed E-state index contributed by atoms with van der Waals surface area (Å²) >= 11 is 5.29. The summed E-state index contributed by atoms with van der Waals surface area (Å²) in [4.78, 5) is 1.40. The quantitative estimate of drug-likeness (QED) is 0.634. The lowest BCUT2D eigenvalue weighted by Crippen LogP contribution is -2.14. The van der Waals surface area contributed by atoms with Gasteiger partial charge in [0.25, 0.3) is 0 Å². The molecule has 0 atom stereocenters. The van der Waals surface area contributed by atoms with E-state index < -0.39 is 0 Å². The van der Waals surface area contributed by atoms with Crippen LogP contribution in [-0.2, 0) is 6.54 Å².